The molecule has 0 aromatic heterocycles. The van der Waals surface area contributed by atoms with Gasteiger partial charge in [0.05, 0.1) is 27.7 Å². The first-order valence-electron chi connectivity index (χ1n) is 36.4. The molecule has 9 nitrogen and oxygen atoms in total. The van der Waals surface area contributed by atoms with E-state index in [0.717, 1.165) is 57.8 Å². The minimum absolute atomic E-state index is 0.0352. The summed E-state index contributed by atoms with van der Waals surface area (Å²) in [5, 5.41) is 0. The molecule has 0 aromatic carbocycles. The Bertz CT molecular complexity index is 1560. The topological polar surface area (TPSA) is 108 Å². The SMILES string of the molecule is CC/C=C\C/C=C\C/C=C\C/C=C\CCCCCCCCCCCCCCCCCCCCCCCCCCC(=O)OC(COC(=O)CCCCCCCCCCCCCCCCCCCCCCCCC)COP(=O)(O)OCC[N+](C)(C)C. The van der Waals surface area contributed by atoms with E-state index in [9.17, 15) is 19.0 Å². The maximum Gasteiger partial charge on any atom is 0.472 e. The van der Waals surface area contributed by atoms with Crippen molar-refractivity contribution in [3.8, 4) is 0 Å². The van der Waals surface area contributed by atoms with E-state index in [0.29, 0.717) is 23.9 Å². The zero-order valence-electron chi connectivity index (χ0n) is 56.4. The maximum atomic E-state index is 12.9. The Kier molecular flexibility index (Phi) is 63.8. The van der Waals surface area contributed by atoms with Crippen LogP contribution in [0.2, 0.25) is 0 Å². The molecule has 0 aliphatic rings. The number of esters is 2. The van der Waals surface area contributed by atoms with E-state index in [-0.39, 0.29) is 25.6 Å². The number of quaternary nitrogens is 1. The standard InChI is InChI=1S/C74H140NO8P/c1-6-8-10-12-14-16-18-20-22-24-26-28-30-31-32-33-34-35-36-37-38-39-40-41-42-43-45-47-49-51-53-55-57-59-61-63-65-67-74(77)83-72(71-82-84(78,79)81-69-68-75(3,4)5)70-80-73(76)66-64-62-60-58-56-54-52-50-48-46-44-29-27-25-23-21-19-17-15-13-11-9-7-2/h8,10,14,16,20,22,26,28,72H,6-7,9,11-13,15,17-19,21,23-25,27,29-71H2,1-5H3/p+1/b10-8-,16-14-,22-20-,28-26-. The fraction of sp³-hybridized carbons (Fsp3) is 0.865. The monoisotopic (exact) mass is 1200 g/mol. The molecule has 0 aliphatic carbocycles. The van der Waals surface area contributed by atoms with Crippen molar-refractivity contribution in [1.29, 1.82) is 0 Å². The number of hydrogen-bond acceptors (Lipinski definition) is 7. The highest BCUT2D eigenvalue weighted by molar-refractivity contribution is 7.47. The van der Waals surface area contributed by atoms with Crippen LogP contribution in [0.3, 0.4) is 0 Å². The largest absolute Gasteiger partial charge is 0.472 e. The van der Waals surface area contributed by atoms with Crippen molar-refractivity contribution in [2.45, 2.75) is 367 Å². The van der Waals surface area contributed by atoms with Gasteiger partial charge in [-0.3, -0.25) is 18.6 Å². The third-order valence-corrected chi connectivity index (χ3v) is 17.4. The number of hydrogen-bond donors (Lipinski definition) is 1. The summed E-state index contributed by atoms with van der Waals surface area (Å²) in [7, 11) is 1.50. The molecule has 0 heterocycles. The number of nitrogens with zero attached hydrogens (tertiary/aromatic N) is 1. The summed E-state index contributed by atoms with van der Waals surface area (Å²) in [6, 6.07) is 0. The number of ether oxygens (including phenoxy) is 2. The number of phosphoric ester groups is 1. The van der Waals surface area contributed by atoms with E-state index in [2.05, 4.69) is 62.5 Å². The van der Waals surface area contributed by atoms with E-state index >= 15 is 0 Å². The number of allylic oxidation sites excluding steroid dienone is 8. The van der Waals surface area contributed by atoms with Gasteiger partial charge in [-0.25, -0.2) is 4.57 Å². The van der Waals surface area contributed by atoms with E-state index in [1.807, 2.05) is 21.1 Å². The Morgan fingerprint density at radius 3 is 1.01 bits per heavy atom. The lowest BCUT2D eigenvalue weighted by Crippen LogP contribution is -2.37. The van der Waals surface area contributed by atoms with Gasteiger partial charge in [-0.15, -0.1) is 0 Å². The van der Waals surface area contributed by atoms with E-state index < -0.39 is 26.5 Å². The van der Waals surface area contributed by atoms with Gasteiger partial charge < -0.3 is 18.9 Å². The summed E-state index contributed by atoms with van der Waals surface area (Å²) < 4.78 is 34.8. The van der Waals surface area contributed by atoms with Crippen LogP contribution < -0.4 is 0 Å². The minimum Gasteiger partial charge on any atom is -0.462 e. The fourth-order valence-corrected chi connectivity index (χ4v) is 11.6. The van der Waals surface area contributed by atoms with Gasteiger partial charge in [0, 0.05) is 12.8 Å². The molecular weight excluding hydrogens is 1060 g/mol. The van der Waals surface area contributed by atoms with Crippen molar-refractivity contribution < 1.29 is 42.1 Å². The van der Waals surface area contributed by atoms with Gasteiger partial charge in [0.1, 0.15) is 19.8 Å². The molecular formula is C74H141NO8P+. The first kappa shape index (κ1) is 82.0. The molecule has 1 N–H and O–H groups in total. The highest BCUT2D eigenvalue weighted by atomic mass is 31.2. The van der Waals surface area contributed by atoms with Crippen LogP contribution in [0.1, 0.15) is 361 Å². The predicted molar refractivity (Wildman–Crippen MR) is 363 cm³/mol. The normalized spacial score (nSPS) is 13.4. The molecule has 0 saturated carbocycles. The molecule has 0 rings (SSSR count). The molecule has 0 fully saturated rings. The second kappa shape index (κ2) is 65.4. The molecule has 0 spiro atoms. The Morgan fingerprint density at radius 1 is 0.381 bits per heavy atom. The molecule has 0 saturated heterocycles. The van der Waals surface area contributed by atoms with Crippen LogP contribution in [-0.4, -0.2) is 74.9 Å². The first-order chi connectivity index (χ1) is 41.0. The first-order valence-corrected chi connectivity index (χ1v) is 37.9. The lowest BCUT2D eigenvalue weighted by molar-refractivity contribution is -0.870. The second-order valence-corrected chi connectivity index (χ2v) is 27.4. The molecule has 0 bridgehead atoms. The molecule has 0 aliphatic heterocycles. The van der Waals surface area contributed by atoms with Crippen LogP contribution in [0.15, 0.2) is 48.6 Å². The number of unbranched alkanes of at least 4 members (excludes halogenated alkanes) is 46. The number of likely N-dealkylation sites (N-methyl/N-ethyl adjacent to an activating group) is 1. The van der Waals surface area contributed by atoms with E-state index in [1.54, 1.807) is 0 Å². The maximum absolute atomic E-state index is 12.9. The fourth-order valence-electron chi connectivity index (χ4n) is 10.8. The second-order valence-electron chi connectivity index (χ2n) is 26.0. The third kappa shape index (κ3) is 69.1. The smallest absolute Gasteiger partial charge is 0.462 e. The molecule has 494 valence electrons. The Morgan fingerprint density at radius 2 is 0.679 bits per heavy atom. The molecule has 10 heteroatoms. The van der Waals surface area contributed by atoms with Crippen molar-refractivity contribution in [3.05, 3.63) is 48.6 Å². The van der Waals surface area contributed by atoms with Gasteiger partial charge in [0.2, 0.25) is 0 Å². The van der Waals surface area contributed by atoms with Crippen LogP contribution in [0.4, 0.5) is 0 Å². The summed E-state index contributed by atoms with van der Waals surface area (Å²) in [6.07, 6.45) is 85.2. The predicted octanol–water partition coefficient (Wildman–Crippen LogP) is 23.6. The quantitative estimate of drug-likeness (QED) is 0.0211. The molecule has 0 aromatic rings. The van der Waals surface area contributed by atoms with Crippen LogP contribution in [0, 0.1) is 0 Å². The summed E-state index contributed by atoms with van der Waals surface area (Å²) in [4.78, 5) is 35.9. The van der Waals surface area contributed by atoms with Gasteiger partial charge in [0.25, 0.3) is 0 Å². The number of rotatable bonds is 68. The molecule has 0 amide bonds. The van der Waals surface area contributed by atoms with Gasteiger partial charge in [-0.2, -0.15) is 0 Å². The van der Waals surface area contributed by atoms with Crippen LogP contribution in [0.25, 0.3) is 0 Å². The van der Waals surface area contributed by atoms with Crippen LogP contribution >= 0.6 is 7.82 Å². The lowest BCUT2D eigenvalue weighted by atomic mass is 10.0. The highest BCUT2D eigenvalue weighted by Gasteiger charge is 2.27. The van der Waals surface area contributed by atoms with Crippen molar-refractivity contribution in [3.63, 3.8) is 0 Å². The average Bonchev–Trinajstić information content (AvgIpc) is 3.61. The van der Waals surface area contributed by atoms with Crippen molar-refractivity contribution in [2.75, 3.05) is 47.5 Å². The Hall–Kier alpha value is -2.03. The molecule has 2 unspecified atom stereocenters. The molecule has 2 atom stereocenters. The average molecular weight is 1200 g/mol. The number of carbonyl (C=O) groups excluding carboxylic acids is 2. The van der Waals surface area contributed by atoms with Gasteiger partial charge in [-0.1, -0.05) is 345 Å². The molecule has 84 heavy (non-hydrogen) atoms. The number of phosphoric acid groups is 1. The summed E-state index contributed by atoms with van der Waals surface area (Å²) >= 11 is 0. The zero-order valence-corrected chi connectivity index (χ0v) is 57.3. The summed E-state index contributed by atoms with van der Waals surface area (Å²) in [5.41, 5.74) is 0. The Labute approximate surface area is 522 Å². The lowest BCUT2D eigenvalue weighted by Gasteiger charge is -2.24. The van der Waals surface area contributed by atoms with Crippen molar-refractivity contribution >= 4 is 19.8 Å². The van der Waals surface area contributed by atoms with E-state index in [1.165, 1.54) is 270 Å². The van der Waals surface area contributed by atoms with Crippen molar-refractivity contribution in [1.82, 2.24) is 0 Å². The van der Waals surface area contributed by atoms with E-state index in [4.69, 9.17) is 18.5 Å². The summed E-state index contributed by atoms with van der Waals surface area (Å²) in [5.74, 6) is -0.773. The molecule has 0 radical (unpaired) electrons. The van der Waals surface area contributed by atoms with Crippen LogP contribution in [-0.2, 0) is 32.7 Å². The third-order valence-electron chi connectivity index (χ3n) is 16.4. The van der Waals surface area contributed by atoms with Gasteiger partial charge in [-0.05, 0) is 51.4 Å². The van der Waals surface area contributed by atoms with Crippen LogP contribution in [0.5, 0.6) is 0 Å². The van der Waals surface area contributed by atoms with Gasteiger partial charge >= 0.3 is 19.8 Å². The minimum atomic E-state index is -4.39. The zero-order chi connectivity index (χ0) is 61.2. The Balaban J connectivity index is 3.93. The highest BCUT2D eigenvalue weighted by Crippen LogP contribution is 2.43. The van der Waals surface area contributed by atoms with Gasteiger partial charge in [0.15, 0.2) is 6.10 Å². The van der Waals surface area contributed by atoms with Crippen molar-refractivity contribution in [2.24, 2.45) is 0 Å². The number of carbonyl (C=O) groups is 2. The summed E-state index contributed by atoms with van der Waals surface area (Å²) in [6.45, 7) is 4.40.